The second kappa shape index (κ2) is 6.58. The topological polar surface area (TPSA) is 114 Å². The summed E-state index contributed by atoms with van der Waals surface area (Å²) < 4.78 is 4.39. The van der Waals surface area contributed by atoms with Crippen LogP contribution in [0.3, 0.4) is 0 Å². The molecule has 0 aromatic rings. The van der Waals surface area contributed by atoms with Gasteiger partial charge in [-0.15, -0.1) is 0 Å². The number of amides is 4. The molecule has 0 aromatic carbocycles. The summed E-state index contributed by atoms with van der Waals surface area (Å²) in [5.74, 6) is -1.15. The monoisotopic (exact) mass is 257 g/mol. The van der Waals surface area contributed by atoms with Crippen molar-refractivity contribution in [3.8, 4) is 0 Å². The first-order valence-electron chi connectivity index (χ1n) is 5.48. The van der Waals surface area contributed by atoms with Gasteiger partial charge in [-0.05, 0) is 6.42 Å². The number of imide groups is 1. The van der Waals surface area contributed by atoms with E-state index in [4.69, 9.17) is 0 Å². The lowest BCUT2D eigenvalue weighted by molar-refractivity contribution is -0.142. The van der Waals surface area contributed by atoms with Gasteiger partial charge >= 0.3 is 12.0 Å². The molecule has 0 aliphatic carbocycles. The van der Waals surface area contributed by atoms with Crippen LogP contribution in [0.1, 0.15) is 19.3 Å². The molecule has 1 unspecified atom stereocenters. The normalized spacial score (nSPS) is 17.9. The van der Waals surface area contributed by atoms with E-state index in [1.165, 1.54) is 7.11 Å². The van der Waals surface area contributed by atoms with Gasteiger partial charge in [-0.3, -0.25) is 19.7 Å². The Morgan fingerprint density at radius 2 is 2.06 bits per heavy atom. The third-order valence-corrected chi connectivity index (χ3v) is 2.40. The zero-order valence-electron chi connectivity index (χ0n) is 9.95. The molecule has 0 spiro atoms. The van der Waals surface area contributed by atoms with Gasteiger partial charge in [0.15, 0.2) is 0 Å². The summed E-state index contributed by atoms with van der Waals surface area (Å²) in [6.07, 6.45) is 0.362. The number of urea groups is 1. The maximum atomic E-state index is 11.3. The number of carbonyl (C=O) groups excluding carboxylic acids is 4. The molecule has 3 N–H and O–H groups in total. The minimum atomic E-state index is -0.613. The molecular weight excluding hydrogens is 242 g/mol. The molecule has 0 bridgehead atoms. The summed E-state index contributed by atoms with van der Waals surface area (Å²) in [7, 11) is 1.25. The third-order valence-electron chi connectivity index (χ3n) is 2.40. The van der Waals surface area contributed by atoms with Crippen molar-refractivity contribution in [1.29, 1.82) is 0 Å². The Morgan fingerprint density at radius 3 is 2.61 bits per heavy atom. The van der Waals surface area contributed by atoms with E-state index in [1.54, 1.807) is 0 Å². The average molecular weight is 257 g/mol. The van der Waals surface area contributed by atoms with Crippen molar-refractivity contribution in [3.05, 3.63) is 0 Å². The Morgan fingerprint density at radius 1 is 1.33 bits per heavy atom. The second-order valence-corrected chi connectivity index (χ2v) is 3.73. The van der Waals surface area contributed by atoms with E-state index in [1.807, 2.05) is 0 Å². The highest BCUT2D eigenvalue weighted by Crippen LogP contribution is 1.98. The van der Waals surface area contributed by atoms with Gasteiger partial charge in [-0.25, -0.2) is 4.79 Å². The maximum Gasteiger partial charge on any atom is 0.322 e. The number of ether oxygens (including phenoxy) is 1. The van der Waals surface area contributed by atoms with Crippen molar-refractivity contribution in [3.63, 3.8) is 0 Å². The number of nitrogens with one attached hydrogen (secondary N) is 3. The van der Waals surface area contributed by atoms with E-state index in [9.17, 15) is 19.2 Å². The Bertz CT molecular complexity index is 369. The zero-order chi connectivity index (χ0) is 13.5. The molecule has 1 rings (SSSR count). The zero-order valence-corrected chi connectivity index (χ0v) is 9.95. The molecule has 0 saturated carbocycles. The van der Waals surface area contributed by atoms with Crippen LogP contribution in [-0.4, -0.2) is 43.5 Å². The van der Waals surface area contributed by atoms with E-state index in [2.05, 4.69) is 20.7 Å². The number of hydrogen-bond donors (Lipinski definition) is 3. The lowest BCUT2D eigenvalue weighted by Crippen LogP contribution is -2.34. The Kier molecular flexibility index (Phi) is 5.09. The molecule has 1 atom stereocenters. The molecule has 0 aromatic heterocycles. The number of rotatable bonds is 6. The predicted octanol–water partition coefficient (Wildman–Crippen LogP) is -1.35. The first kappa shape index (κ1) is 13.9. The lowest BCUT2D eigenvalue weighted by atomic mass is 10.2. The summed E-state index contributed by atoms with van der Waals surface area (Å²) in [6, 6.07) is -1.14. The molecular formula is C10H15N3O5. The SMILES string of the molecule is COC(=O)CCC(=O)NCCC1NC(=O)NC1=O. The Labute approximate surface area is 103 Å². The molecule has 1 heterocycles. The van der Waals surface area contributed by atoms with E-state index >= 15 is 0 Å². The van der Waals surface area contributed by atoms with Gasteiger partial charge in [0.25, 0.3) is 5.91 Å². The molecule has 0 radical (unpaired) electrons. The van der Waals surface area contributed by atoms with Crippen molar-refractivity contribution in [2.24, 2.45) is 0 Å². The highest BCUT2D eigenvalue weighted by atomic mass is 16.5. The molecule has 8 nitrogen and oxygen atoms in total. The standard InChI is InChI=1S/C10H15N3O5/c1-18-8(15)3-2-7(14)11-5-4-6-9(16)13-10(17)12-6/h6H,2-5H2,1H3,(H,11,14)(H2,12,13,16,17). The van der Waals surface area contributed by atoms with Crippen molar-refractivity contribution in [2.45, 2.75) is 25.3 Å². The quantitative estimate of drug-likeness (QED) is 0.402. The van der Waals surface area contributed by atoms with Crippen LogP contribution in [-0.2, 0) is 19.1 Å². The summed E-state index contributed by atoms with van der Waals surface area (Å²) in [6.45, 7) is 0.248. The molecule has 100 valence electrons. The minimum Gasteiger partial charge on any atom is -0.469 e. The second-order valence-electron chi connectivity index (χ2n) is 3.73. The Balaban J connectivity index is 2.14. The number of carbonyl (C=O) groups is 4. The fourth-order valence-electron chi connectivity index (χ4n) is 1.42. The van der Waals surface area contributed by atoms with Crippen LogP contribution in [0.15, 0.2) is 0 Å². The summed E-state index contributed by atoms with van der Waals surface area (Å²) >= 11 is 0. The maximum absolute atomic E-state index is 11.3. The van der Waals surface area contributed by atoms with Crippen LogP contribution < -0.4 is 16.0 Å². The fourth-order valence-corrected chi connectivity index (χ4v) is 1.42. The number of methoxy groups -OCH3 is 1. The molecule has 1 saturated heterocycles. The van der Waals surface area contributed by atoms with Gasteiger partial charge in [0, 0.05) is 13.0 Å². The minimum absolute atomic E-state index is 0.0168. The third kappa shape index (κ3) is 4.40. The lowest BCUT2D eigenvalue weighted by Gasteiger charge is -2.08. The largest absolute Gasteiger partial charge is 0.469 e. The van der Waals surface area contributed by atoms with Crippen LogP contribution in [0.5, 0.6) is 0 Å². The molecule has 1 aliphatic rings. The van der Waals surface area contributed by atoms with Crippen molar-refractivity contribution < 1.29 is 23.9 Å². The highest BCUT2D eigenvalue weighted by molar-refractivity contribution is 6.04. The predicted molar refractivity (Wildman–Crippen MR) is 59.3 cm³/mol. The molecule has 18 heavy (non-hydrogen) atoms. The van der Waals surface area contributed by atoms with Gasteiger partial charge in [-0.1, -0.05) is 0 Å². The van der Waals surface area contributed by atoms with E-state index in [0.717, 1.165) is 0 Å². The number of esters is 1. The average Bonchev–Trinajstić information content (AvgIpc) is 2.65. The molecule has 1 fully saturated rings. The summed E-state index contributed by atoms with van der Waals surface area (Å²) in [5.41, 5.74) is 0. The first-order chi connectivity index (χ1) is 8.52. The fraction of sp³-hybridized carbons (Fsp3) is 0.600. The van der Waals surface area contributed by atoms with E-state index in [0.29, 0.717) is 6.42 Å². The Hall–Kier alpha value is -2.12. The highest BCUT2D eigenvalue weighted by Gasteiger charge is 2.28. The first-order valence-corrected chi connectivity index (χ1v) is 5.48. The van der Waals surface area contributed by atoms with E-state index in [-0.39, 0.29) is 25.3 Å². The van der Waals surface area contributed by atoms with Gasteiger partial charge in [0.1, 0.15) is 6.04 Å². The van der Waals surface area contributed by atoms with Crippen LogP contribution in [0.25, 0.3) is 0 Å². The molecule has 8 heteroatoms. The van der Waals surface area contributed by atoms with E-state index < -0.39 is 23.9 Å². The van der Waals surface area contributed by atoms with Crippen molar-refractivity contribution >= 4 is 23.8 Å². The molecule has 1 aliphatic heterocycles. The summed E-state index contributed by atoms with van der Waals surface area (Å²) in [4.78, 5) is 44.0. The van der Waals surface area contributed by atoms with Crippen LogP contribution in [0.4, 0.5) is 4.79 Å². The van der Waals surface area contributed by atoms with Gasteiger partial charge in [0.2, 0.25) is 5.91 Å². The number of hydrogen-bond acceptors (Lipinski definition) is 5. The van der Waals surface area contributed by atoms with Crippen LogP contribution in [0.2, 0.25) is 0 Å². The van der Waals surface area contributed by atoms with Crippen molar-refractivity contribution in [2.75, 3.05) is 13.7 Å². The smallest absolute Gasteiger partial charge is 0.322 e. The molecule has 4 amide bonds. The van der Waals surface area contributed by atoms with Crippen LogP contribution in [0, 0.1) is 0 Å². The van der Waals surface area contributed by atoms with Gasteiger partial charge < -0.3 is 15.4 Å². The van der Waals surface area contributed by atoms with Gasteiger partial charge in [0.05, 0.1) is 13.5 Å². The van der Waals surface area contributed by atoms with Crippen molar-refractivity contribution in [1.82, 2.24) is 16.0 Å². The van der Waals surface area contributed by atoms with Crippen LogP contribution >= 0.6 is 0 Å². The summed E-state index contributed by atoms with van der Waals surface area (Å²) in [5, 5.41) is 7.05. The van der Waals surface area contributed by atoms with Gasteiger partial charge in [-0.2, -0.15) is 0 Å².